The van der Waals surface area contributed by atoms with Gasteiger partial charge in [-0.3, -0.25) is 4.79 Å². The summed E-state index contributed by atoms with van der Waals surface area (Å²) in [6, 6.07) is 13.3. The number of aryl methyl sites for hydroxylation is 1. The Morgan fingerprint density at radius 3 is 2.89 bits per heavy atom. The third-order valence-electron chi connectivity index (χ3n) is 4.30. The monoisotopic (exact) mass is 392 g/mol. The highest BCUT2D eigenvalue weighted by atomic mass is 32.1. The summed E-state index contributed by atoms with van der Waals surface area (Å²) in [5.41, 5.74) is 2.66. The van der Waals surface area contributed by atoms with Gasteiger partial charge in [-0.1, -0.05) is 18.2 Å². The minimum absolute atomic E-state index is 0.210. The summed E-state index contributed by atoms with van der Waals surface area (Å²) in [5, 5.41) is 10.2. The highest BCUT2D eigenvalue weighted by Gasteiger charge is 2.17. The van der Waals surface area contributed by atoms with E-state index in [0.717, 1.165) is 11.1 Å². The first-order chi connectivity index (χ1) is 13.7. The van der Waals surface area contributed by atoms with Crippen molar-refractivity contribution in [3.8, 4) is 5.75 Å². The lowest BCUT2D eigenvalue weighted by Crippen LogP contribution is -2.14. The van der Waals surface area contributed by atoms with Gasteiger partial charge < -0.3 is 10.1 Å². The van der Waals surface area contributed by atoms with Crippen molar-refractivity contribution in [3.63, 3.8) is 0 Å². The van der Waals surface area contributed by atoms with Crippen LogP contribution in [0.25, 0.3) is 11.0 Å². The molecular formula is C21H20N4O2S. The summed E-state index contributed by atoms with van der Waals surface area (Å²) in [7, 11) is 0. The lowest BCUT2D eigenvalue weighted by molar-refractivity contribution is 0.102. The second-order valence-electron chi connectivity index (χ2n) is 6.31. The molecule has 0 aliphatic heterocycles. The predicted molar refractivity (Wildman–Crippen MR) is 111 cm³/mol. The molecule has 0 aliphatic rings. The SMILES string of the molecule is CCOc1ccccc1NC(=O)c1cc(C)nc2c1cnn2Cc1cccs1. The highest BCUT2D eigenvalue weighted by Crippen LogP contribution is 2.26. The zero-order valence-corrected chi connectivity index (χ0v) is 16.5. The quantitative estimate of drug-likeness (QED) is 0.524. The zero-order valence-electron chi connectivity index (χ0n) is 15.7. The lowest BCUT2D eigenvalue weighted by atomic mass is 10.1. The summed E-state index contributed by atoms with van der Waals surface area (Å²) >= 11 is 1.67. The lowest BCUT2D eigenvalue weighted by Gasteiger charge is -2.12. The van der Waals surface area contributed by atoms with Crippen LogP contribution in [0.2, 0.25) is 0 Å². The first-order valence-corrected chi connectivity index (χ1v) is 9.92. The maximum atomic E-state index is 13.0. The molecule has 4 rings (SSSR count). The standard InChI is InChI=1S/C21H20N4O2S/c1-3-27-19-9-5-4-8-18(19)24-21(26)16-11-14(2)23-20-17(16)12-22-25(20)13-15-7-6-10-28-15/h4-12H,3,13H2,1-2H3,(H,24,26). The Balaban J connectivity index is 1.69. The number of aromatic nitrogens is 3. The maximum absolute atomic E-state index is 13.0. The molecule has 0 aliphatic carbocycles. The van der Waals surface area contributed by atoms with Crippen LogP contribution in [0.5, 0.6) is 5.75 Å². The van der Waals surface area contributed by atoms with Gasteiger partial charge >= 0.3 is 0 Å². The van der Waals surface area contributed by atoms with Crippen molar-refractivity contribution in [2.75, 3.05) is 11.9 Å². The number of carbonyl (C=O) groups excluding carboxylic acids is 1. The first-order valence-electron chi connectivity index (χ1n) is 9.04. The van der Waals surface area contributed by atoms with Crippen LogP contribution in [0.3, 0.4) is 0 Å². The Kier molecular flexibility index (Phi) is 5.08. The third kappa shape index (κ3) is 3.61. The molecule has 0 bridgehead atoms. The highest BCUT2D eigenvalue weighted by molar-refractivity contribution is 7.09. The molecule has 0 saturated heterocycles. The molecule has 0 fully saturated rings. The first kappa shape index (κ1) is 18.2. The number of rotatable bonds is 6. The van der Waals surface area contributed by atoms with Gasteiger partial charge in [-0.05, 0) is 43.5 Å². The number of pyridine rings is 1. The fourth-order valence-corrected chi connectivity index (χ4v) is 3.75. The van der Waals surface area contributed by atoms with Crippen LogP contribution in [0.4, 0.5) is 5.69 Å². The topological polar surface area (TPSA) is 69.0 Å². The van der Waals surface area contributed by atoms with E-state index in [1.165, 1.54) is 4.88 Å². The van der Waals surface area contributed by atoms with Crippen molar-refractivity contribution in [1.29, 1.82) is 0 Å². The van der Waals surface area contributed by atoms with E-state index in [-0.39, 0.29) is 5.91 Å². The predicted octanol–water partition coefficient (Wildman–Crippen LogP) is 4.50. The van der Waals surface area contributed by atoms with Gasteiger partial charge in [0, 0.05) is 10.6 Å². The number of thiophene rings is 1. The number of fused-ring (bicyclic) bond motifs is 1. The second kappa shape index (κ2) is 7.82. The molecule has 0 atom stereocenters. The fourth-order valence-electron chi connectivity index (χ4n) is 3.07. The fraction of sp³-hybridized carbons (Fsp3) is 0.190. The average Bonchev–Trinajstić information content (AvgIpc) is 3.34. The van der Waals surface area contributed by atoms with Gasteiger partial charge in [0.25, 0.3) is 5.91 Å². The Bertz CT molecular complexity index is 1120. The molecule has 3 heterocycles. The summed E-state index contributed by atoms with van der Waals surface area (Å²) in [5.74, 6) is 0.437. The number of para-hydroxylation sites is 2. The Morgan fingerprint density at radius 1 is 1.25 bits per heavy atom. The minimum atomic E-state index is -0.210. The molecule has 7 heteroatoms. The number of nitrogens with one attached hydrogen (secondary N) is 1. The van der Waals surface area contributed by atoms with E-state index in [0.29, 0.717) is 35.8 Å². The molecule has 1 aromatic carbocycles. The number of benzene rings is 1. The minimum Gasteiger partial charge on any atom is -0.492 e. The van der Waals surface area contributed by atoms with Gasteiger partial charge in [0.05, 0.1) is 36.0 Å². The molecule has 0 radical (unpaired) electrons. The van der Waals surface area contributed by atoms with E-state index >= 15 is 0 Å². The van der Waals surface area contributed by atoms with Crippen LogP contribution in [-0.2, 0) is 6.54 Å². The Labute approximate surface area is 166 Å². The number of anilines is 1. The number of hydrogen-bond donors (Lipinski definition) is 1. The van der Waals surface area contributed by atoms with Crippen LogP contribution in [0.1, 0.15) is 27.9 Å². The number of carbonyl (C=O) groups is 1. The van der Waals surface area contributed by atoms with E-state index < -0.39 is 0 Å². The summed E-state index contributed by atoms with van der Waals surface area (Å²) < 4.78 is 7.44. The number of hydrogen-bond acceptors (Lipinski definition) is 5. The van der Waals surface area contributed by atoms with E-state index in [9.17, 15) is 4.79 Å². The largest absolute Gasteiger partial charge is 0.492 e. The molecule has 3 aromatic heterocycles. The van der Waals surface area contributed by atoms with Crippen LogP contribution >= 0.6 is 11.3 Å². The molecule has 0 saturated carbocycles. The number of nitrogens with zero attached hydrogens (tertiary/aromatic N) is 3. The van der Waals surface area contributed by atoms with Crippen molar-refractivity contribution in [2.24, 2.45) is 0 Å². The van der Waals surface area contributed by atoms with Gasteiger partial charge in [-0.2, -0.15) is 5.10 Å². The van der Waals surface area contributed by atoms with Crippen molar-refractivity contribution in [1.82, 2.24) is 14.8 Å². The van der Waals surface area contributed by atoms with E-state index in [1.807, 2.05) is 54.2 Å². The van der Waals surface area contributed by atoms with Gasteiger partial charge in [0.1, 0.15) is 5.75 Å². The molecule has 4 aromatic rings. The number of amides is 1. The van der Waals surface area contributed by atoms with Gasteiger partial charge in [0.2, 0.25) is 0 Å². The van der Waals surface area contributed by atoms with Crippen molar-refractivity contribution >= 4 is 34.0 Å². The average molecular weight is 392 g/mol. The number of ether oxygens (including phenoxy) is 1. The van der Waals surface area contributed by atoms with Crippen molar-refractivity contribution < 1.29 is 9.53 Å². The molecule has 1 N–H and O–H groups in total. The summed E-state index contributed by atoms with van der Waals surface area (Å²) in [6.45, 7) is 4.95. The normalized spacial score (nSPS) is 10.9. The Morgan fingerprint density at radius 2 is 2.11 bits per heavy atom. The molecule has 0 spiro atoms. The van der Waals surface area contributed by atoms with Gasteiger partial charge in [-0.15, -0.1) is 11.3 Å². The maximum Gasteiger partial charge on any atom is 0.256 e. The second-order valence-corrected chi connectivity index (χ2v) is 7.35. The molecule has 1 amide bonds. The van der Waals surface area contributed by atoms with E-state index in [1.54, 1.807) is 23.6 Å². The zero-order chi connectivity index (χ0) is 19.5. The van der Waals surface area contributed by atoms with Crippen LogP contribution < -0.4 is 10.1 Å². The molecule has 0 unspecified atom stereocenters. The van der Waals surface area contributed by atoms with Gasteiger partial charge in [0.15, 0.2) is 5.65 Å². The molecular weight excluding hydrogens is 372 g/mol. The molecule has 28 heavy (non-hydrogen) atoms. The van der Waals surface area contributed by atoms with Crippen molar-refractivity contribution in [2.45, 2.75) is 20.4 Å². The smallest absolute Gasteiger partial charge is 0.256 e. The van der Waals surface area contributed by atoms with Crippen LogP contribution in [0.15, 0.2) is 54.0 Å². The third-order valence-corrected chi connectivity index (χ3v) is 5.16. The molecule has 142 valence electrons. The van der Waals surface area contributed by atoms with Gasteiger partial charge in [-0.25, -0.2) is 9.67 Å². The Hall–Kier alpha value is -3.19. The van der Waals surface area contributed by atoms with Crippen molar-refractivity contribution in [3.05, 3.63) is 70.2 Å². The van der Waals surface area contributed by atoms with Crippen LogP contribution in [-0.4, -0.2) is 27.3 Å². The van der Waals surface area contributed by atoms with E-state index in [4.69, 9.17) is 4.74 Å². The summed E-state index contributed by atoms with van der Waals surface area (Å²) in [6.07, 6.45) is 1.71. The van der Waals surface area contributed by atoms with E-state index in [2.05, 4.69) is 21.5 Å². The molecule has 6 nitrogen and oxygen atoms in total. The summed E-state index contributed by atoms with van der Waals surface area (Å²) in [4.78, 5) is 18.8. The van der Waals surface area contributed by atoms with Crippen LogP contribution in [0, 0.1) is 6.92 Å².